The molecule has 0 spiro atoms. The van der Waals surface area contributed by atoms with Crippen LogP contribution in [0.2, 0.25) is 0 Å². The minimum atomic E-state index is 0.0284. The fourth-order valence-corrected chi connectivity index (χ4v) is 2.17. The molecule has 0 saturated heterocycles. The highest BCUT2D eigenvalue weighted by molar-refractivity contribution is 9.10. The van der Waals surface area contributed by atoms with Crippen LogP contribution in [0.3, 0.4) is 0 Å². The van der Waals surface area contributed by atoms with Gasteiger partial charge in [0.15, 0.2) is 0 Å². The molecule has 1 fully saturated rings. The van der Waals surface area contributed by atoms with Crippen LogP contribution < -0.4 is 5.32 Å². The molecule has 0 aromatic carbocycles. The maximum Gasteiger partial charge on any atom is 0.267 e. The van der Waals surface area contributed by atoms with Gasteiger partial charge < -0.3 is 9.88 Å². The summed E-state index contributed by atoms with van der Waals surface area (Å²) in [5.41, 5.74) is 1.09. The fourth-order valence-electron chi connectivity index (χ4n) is 1.70. The van der Waals surface area contributed by atoms with E-state index < -0.39 is 0 Å². The average Bonchev–Trinajstić information content (AvgIpc) is 2.86. The van der Waals surface area contributed by atoms with Gasteiger partial charge in [-0.15, -0.1) is 0 Å². The number of rotatable bonds is 4. The lowest BCUT2D eigenvalue weighted by Crippen LogP contribution is -2.30. The molecule has 1 heterocycles. The minimum absolute atomic E-state index is 0.0284. The van der Waals surface area contributed by atoms with E-state index in [9.17, 15) is 4.79 Å². The Morgan fingerprint density at radius 2 is 2.31 bits per heavy atom. The molecule has 1 aromatic rings. The Labute approximate surface area is 104 Å². The van der Waals surface area contributed by atoms with Crippen molar-refractivity contribution in [2.24, 2.45) is 5.41 Å². The molecule has 0 radical (unpaired) electrons. The van der Waals surface area contributed by atoms with Gasteiger partial charge in [-0.05, 0) is 47.2 Å². The zero-order chi connectivity index (χ0) is 11.8. The first-order chi connectivity index (χ1) is 7.54. The number of nitrogens with one attached hydrogen (secondary N) is 1. The molecule has 1 N–H and O–H groups in total. The number of amides is 1. The van der Waals surface area contributed by atoms with E-state index in [4.69, 9.17) is 0 Å². The monoisotopic (exact) mass is 284 g/mol. The summed E-state index contributed by atoms with van der Waals surface area (Å²) >= 11 is 3.39. The number of nitrogens with zero attached hydrogens (tertiary/aromatic N) is 1. The second kappa shape index (κ2) is 4.24. The van der Waals surface area contributed by atoms with E-state index in [2.05, 4.69) is 28.2 Å². The molecule has 2 rings (SSSR count). The summed E-state index contributed by atoms with van der Waals surface area (Å²) in [6, 6.07) is 1.87. The van der Waals surface area contributed by atoms with Gasteiger partial charge in [0.2, 0.25) is 0 Å². The summed E-state index contributed by atoms with van der Waals surface area (Å²) in [6.07, 6.45) is 4.39. The number of halogens is 1. The highest BCUT2D eigenvalue weighted by atomic mass is 79.9. The zero-order valence-electron chi connectivity index (χ0n) is 9.72. The van der Waals surface area contributed by atoms with Gasteiger partial charge in [-0.2, -0.15) is 0 Å². The van der Waals surface area contributed by atoms with Crippen LogP contribution in [0.1, 0.15) is 37.2 Å². The van der Waals surface area contributed by atoms with Gasteiger partial charge in [0, 0.05) is 23.8 Å². The van der Waals surface area contributed by atoms with Gasteiger partial charge >= 0.3 is 0 Å². The molecule has 1 amide bonds. The van der Waals surface area contributed by atoms with Crippen molar-refractivity contribution < 1.29 is 4.79 Å². The molecule has 1 saturated carbocycles. The summed E-state index contributed by atoms with van der Waals surface area (Å²) in [5.74, 6) is 0.0284. The van der Waals surface area contributed by atoms with Crippen LogP contribution in [0.25, 0.3) is 0 Å². The van der Waals surface area contributed by atoms with E-state index >= 15 is 0 Å². The van der Waals surface area contributed by atoms with Gasteiger partial charge in [0.1, 0.15) is 5.69 Å². The second-order valence-corrected chi connectivity index (χ2v) is 5.74. The molecule has 3 nitrogen and oxygen atoms in total. The highest BCUT2D eigenvalue weighted by Gasteiger charge is 2.37. The zero-order valence-corrected chi connectivity index (χ0v) is 11.3. The van der Waals surface area contributed by atoms with Gasteiger partial charge in [-0.25, -0.2) is 0 Å². The third-order valence-corrected chi connectivity index (χ3v) is 3.65. The normalized spacial score (nSPS) is 17.2. The van der Waals surface area contributed by atoms with Gasteiger partial charge in [-0.3, -0.25) is 4.79 Å². The quantitative estimate of drug-likeness (QED) is 0.907. The van der Waals surface area contributed by atoms with Crippen LogP contribution in [0.15, 0.2) is 16.7 Å². The number of aromatic nitrogens is 1. The van der Waals surface area contributed by atoms with E-state index in [0.717, 1.165) is 23.3 Å². The molecular weight excluding hydrogens is 268 g/mol. The number of hydrogen-bond acceptors (Lipinski definition) is 1. The standard InChI is InChI=1S/C12H17BrN2O/c1-3-15-7-9(13)6-10(15)11(16)14-8-12(2)4-5-12/h6-7H,3-5,8H2,1-2H3,(H,14,16). The predicted octanol–water partition coefficient (Wildman–Crippen LogP) is 2.80. The van der Waals surface area contributed by atoms with Crippen molar-refractivity contribution in [1.82, 2.24) is 9.88 Å². The smallest absolute Gasteiger partial charge is 0.267 e. The molecular formula is C12H17BrN2O. The molecule has 16 heavy (non-hydrogen) atoms. The van der Waals surface area contributed by atoms with Crippen molar-refractivity contribution in [2.45, 2.75) is 33.2 Å². The Kier molecular flexibility index (Phi) is 3.10. The lowest BCUT2D eigenvalue weighted by atomic mass is 10.1. The number of carbonyl (C=O) groups is 1. The van der Waals surface area contributed by atoms with Crippen LogP contribution in [0.4, 0.5) is 0 Å². The third kappa shape index (κ3) is 2.48. The predicted molar refractivity (Wildman–Crippen MR) is 67.5 cm³/mol. The Bertz CT molecular complexity index is 407. The Balaban J connectivity index is 2.02. The Morgan fingerprint density at radius 3 is 2.88 bits per heavy atom. The lowest BCUT2D eigenvalue weighted by molar-refractivity contribution is 0.0937. The van der Waals surface area contributed by atoms with Gasteiger partial charge in [0.05, 0.1) is 0 Å². The van der Waals surface area contributed by atoms with Crippen LogP contribution >= 0.6 is 15.9 Å². The first-order valence-corrected chi connectivity index (χ1v) is 6.47. The molecule has 1 aromatic heterocycles. The molecule has 88 valence electrons. The number of aryl methyl sites for hydroxylation is 1. The van der Waals surface area contributed by atoms with Crippen LogP contribution in [-0.2, 0) is 6.54 Å². The summed E-state index contributed by atoms with van der Waals surface area (Å²) < 4.78 is 2.91. The summed E-state index contributed by atoms with van der Waals surface area (Å²) in [4.78, 5) is 12.0. The summed E-state index contributed by atoms with van der Waals surface area (Å²) in [5, 5.41) is 3.01. The van der Waals surface area contributed by atoms with Crippen molar-refractivity contribution in [3.05, 3.63) is 22.4 Å². The molecule has 1 aliphatic rings. The van der Waals surface area contributed by atoms with E-state index in [1.165, 1.54) is 12.8 Å². The maximum atomic E-state index is 12.0. The first kappa shape index (κ1) is 11.7. The Morgan fingerprint density at radius 1 is 1.62 bits per heavy atom. The Hall–Kier alpha value is -0.770. The van der Waals surface area contributed by atoms with E-state index in [1.807, 2.05) is 23.8 Å². The van der Waals surface area contributed by atoms with Crippen molar-refractivity contribution >= 4 is 21.8 Å². The molecule has 1 aliphatic carbocycles. The fraction of sp³-hybridized carbons (Fsp3) is 0.583. The largest absolute Gasteiger partial charge is 0.350 e. The molecule has 0 unspecified atom stereocenters. The van der Waals surface area contributed by atoms with Crippen molar-refractivity contribution in [3.8, 4) is 0 Å². The van der Waals surface area contributed by atoms with Crippen LogP contribution in [0.5, 0.6) is 0 Å². The average molecular weight is 285 g/mol. The van der Waals surface area contributed by atoms with Crippen molar-refractivity contribution in [3.63, 3.8) is 0 Å². The number of carbonyl (C=O) groups excluding carboxylic acids is 1. The second-order valence-electron chi connectivity index (χ2n) is 4.82. The topological polar surface area (TPSA) is 34.0 Å². The lowest BCUT2D eigenvalue weighted by Gasteiger charge is -2.11. The van der Waals surface area contributed by atoms with E-state index in [0.29, 0.717) is 5.41 Å². The van der Waals surface area contributed by atoms with E-state index in [-0.39, 0.29) is 5.91 Å². The minimum Gasteiger partial charge on any atom is -0.350 e. The van der Waals surface area contributed by atoms with E-state index in [1.54, 1.807) is 0 Å². The van der Waals surface area contributed by atoms with Crippen molar-refractivity contribution in [2.75, 3.05) is 6.54 Å². The third-order valence-electron chi connectivity index (χ3n) is 3.22. The number of hydrogen-bond donors (Lipinski definition) is 1. The molecule has 4 heteroatoms. The SMILES string of the molecule is CCn1cc(Br)cc1C(=O)NCC1(C)CC1. The molecule has 0 bridgehead atoms. The van der Waals surface area contributed by atoms with Crippen LogP contribution in [0, 0.1) is 5.41 Å². The maximum absolute atomic E-state index is 12.0. The molecule has 0 aliphatic heterocycles. The molecule has 0 atom stereocenters. The van der Waals surface area contributed by atoms with Gasteiger partial charge in [-0.1, -0.05) is 6.92 Å². The van der Waals surface area contributed by atoms with Crippen molar-refractivity contribution in [1.29, 1.82) is 0 Å². The van der Waals surface area contributed by atoms with Gasteiger partial charge in [0.25, 0.3) is 5.91 Å². The van der Waals surface area contributed by atoms with Crippen LogP contribution in [-0.4, -0.2) is 17.0 Å². The first-order valence-electron chi connectivity index (χ1n) is 5.68. The highest BCUT2D eigenvalue weighted by Crippen LogP contribution is 2.44. The summed E-state index contributed by atoms with van der Waals surface area (Å²) in [7, 11) is 0. The summed E-state index contributed by atoms with van der Waals surface area (Å²) in [6.45, 7) is 5.84.